The van der Waals surface area contributed by atoms with E-state index in [2.05, 4.69) is 10.1 Å². The monoisotopic (exact) mass is 465 g/mol. The molecule has 29 heavy (non-hydrogen) atoms. The third-order valence-corrected chi connectivity index (χ3v) is 7.82. The highest BCUT2D eigenvalue weighted by Gasteiger charge is 2.30. The molecule has 12 heteroatoms. The first-order chi connectivity index (χ1) is 13.8. The highest BCUT2D eigenvalue weighted by Crippen LogP contribution is 2.29. The van der Waals surface area contributed by atoms with Crippen LogP contribution in [0.3, 0.4) is 0 Å². The van der Waals surface area contributed by atoms with E-state index in [1.807, 2.05) is 0 Å². The Balaban J connectivity index is 1.54. The van der Waals surface area contributed by atoms with Gasteiger partial charge in [0.1, 0.15) is 9.96 Å². The highest BCUT2D eigenvalue weighted by molar-refractivity contribution is 7.91. The number of amides is 1. The minimum atomic E-state index is -3.61. The molecule has 1 N–H and O–H groups in total. The maximum Gasteiger partial charge on any atom is 0.387 e. The summed E-state index contributed by atoms with van der Waals surface area (Å²) < 4.78 is 56.5. The number of alkyl halides is 2. The van der Waals surface area contributed by atoms with Gasteiger partial charge in [-0.15, -0.1) is 11.3 Å². The van der Waals surface area contributed by atoms with E-state index in [1.165, 1.54) is 34.6 Å². The lowest BCUT2D eigenvalue weighted by atomic mass is 10.3. The topological polar surface area (TPSA) is 79.0 Å². The summed E-state index contributed by atoms with van der Waals surface area (Å²) in [4.78, 5) is 14.1. The van der Waals surface area contributed by atoms with Gasteiger partial charge in [0, 0.05) is 26.2 Å². The van der Waals surface area contributed by atoms with E-state index in [0.717, 1.165) is 11.3 Å². The maximum absolute atomic E-state index is 12.6. The molecule has 2 heterocycles. The van der Waals surface area contributed by atoms with E-state index in [-0.39, 0.29) is 35.3 Å². The van der Waals surface area contributed by atoms with E-state index in [9.17, 15) is 22.0 Å². The highest BCUT2D eigenvalue weighted by atomic mass is 35.5. The van der Waals surface area contributed by atoms with Crippen LogP contribution in [0.25, 0.3) is 0 Å². The molecule has 1 aromatic carbocycles. The third kappa shape index (κ3) is 5.64. The number of nitrogens with one attached hydrogen (secondary N) is 1. The van der Waals surface area contributed by atoms with E-state index in [4.69, 9.17) is 11.6 Å². The van der Waals surface area contributed by atoms with Crippen molar-refractivity contribution in [2.45, 2.75) is 10.8 Å². The Morgan fingerprint density at radius 1 is 1.17 bits per heavy atom. The number of ether oxygens (including phenoxy) is 1. The summed E-state index contributed by atoms with van der Waals surface area (Å²) in [6.45, 7) is -1.81. The van der Waals surface area contributed by atoms with Gasteiger partial charge >= 0.3 is 6.61 Å². The predicted octanol–water partition coefficient (Wildman–Crippen LogP) is 2.95. The van der Waals surface area contributed by atoms with Gasteiger partial charge in [-0.05, 0) is 24.3 Å². The standard InChI is InChI=1S/C17H18ClF2N3O4S2/c18-14-5-6-16(28-14)29(25,26)23-9-7-22(8-10-23)11-15(24)21-12-3-1-2-4-13(12)27-17(19)20/h1-6,17H,7-11H2,(H,21,24). The number of halogens is 3. The molecule has 2 aromatic rings. The van der Waals surface area contributed by atoms with Crippen molar-refractivity contribution < 1.29 is 26.7 Å². The molecule has 0 atom stereocenters. The molecule has 1 aromatic heterocycles. The number of para-hydroxylation sites is 2. The molecule has 1 aliphatic heterocycles. The van der Waals surface area contributed by atoms with E-state index >= 15 is 0 Å². The zero-order chi connectivity index (χ0) is 21.0. The fraction of sp³-hybridized carbons (Fsp3) is 0.353. The second kappa shape index (κ2) is 9.35. The summed E-state index contributed by atoms with van der Waals surface area (Å²) in [5, 5.41) is 2.55. The Hall–Kier alpha value is -1.79. The van der Waals surface area contributed by atoms with Crippen molar-refractivity contribution in [3.8, 4) is 5.75 Å². The molecule has 0 bridgehead atoms. The second-order valence-corrected chi connectivity index (χ2v) is 10.0. The summed E-state index contributed by atoms with van der Waals surface area (Å²) in [6.07, 6.45) is 0. The van der Waals surface area contributed by atoms with E-state index in [1.54, 1.807) is 11.0 Å². The van der Waals surface area contributed by atoms with Crippen molar-refractivity contribution in [3.63, 3.8) is 0 Å². The minimum Gasteiger partial charge on any atom is -0.433 e. The zero-order valence-corrected chi connectivity index (χ0v) is 17.4. The maximum atomic E-state index is 12.6. The third-order valence-electron chi connectivity index (χ3n) is 4.22. The smallest absolute Gasteiger partial charge is 0.387 e. The van der Waals surface area contributed by atoms with Gasteiger partial charge in [0.25, 0.3) is 10.0 Å². The average Bonchev–Trinajstić information content (AvgIpc) is 3.11. The Labute approximate surface area is 175 Å². The number of carbonyl (C=O) groups excluding carboxylic acids is 1. The number of hydrogen-bond donors (Lipinski definition) is 1. The molecule has 0 radical (unpaired) electrons. The number of thiophene rings is 1. The van der Waals surface area contributed by atoms with Crippen LogP contribution in [0, 0.1) is 0 Å². The molecule has 0 spiro atoms. The summed E-state index contributed by atoms with van der Waals surface area (Å²) >= 11 is 6.82. The van der Waals surface area contributed by atoms with Crippen LogP contribution in [0.4, 0.5) is 14.5 Å². The molecule has 3 rings (SSSR count). The van der Waals surface area contributed by atoms with Gasteiger partial charge in [-0.25, -0.2) is 8.42 Å². The second-order valence-electron chi connectivity index (χ2n) is 6.16. The van der Waals surface area contributed by atoms with Gasteiger partial charge in [0.15, 0.2) is 0 Å². The number of carbonyl (C=O) groups is 1. The van der Waals surface area contributed by atoms with Crippen molar-refractivity contribution >= 4 is 44.6 Å². The number of sulfonamides is 1. The Morgan fingerprint density at radius 2 is 1.86 bits per heavy atom. The summed E-state index contributed by atoms with van der Waals surface area (Å²) in [5.74, 6) is -0.530. The van der Waals surface area contributed by atoms with Gasteiger partial charge < -0.3 is 10.1 Å². The quantitative estimate of drug-likeness (QED) is 0.680. The molecule has 0 unspecified atom stereocenters. The van der Waals surface area contributed by atoms with Crippen molar-refractivity contribution in [1.82, 2.24) is 9.21 Å². The van der Waals surface area contributed by atoms with Gasteiger partial charge in [0.05, 0.1) is 16.6 Å². The molecule has 0 aliphatic carbocycles. The number of benzene rings is 1. The normalized spacial score (nSPS) is 16.1. The number of nitrogens with zero attached hydrogens (tertiary/aromatic N) is 2. The number of rotatable bonds is 7. The molecule has 158 valence electrons. The van der Waals surface area contributed by atoms with Crippen molar-refractivity contribution in [2.75, 3.05) is 38.0 Å². The summed E-state index contributed by atoms with van der Waals surface area (Å²) in [6, 6.07) is 8.92. The van der Waals surface area contributed by atoms with Crippen LogP contribution in [-0.2, 0) is 14.8 Å². The molecular weight excluding hydrogens is 448 g/mol. The molecule has 1 amide bonds. The Kier molecular flexibility index (Phi) is 7.06. The van der Waals surface area contributed by atoms with Gasteiger partial charge in [-0.3, -0.25) is 9.69 Å². The Morgan fingerprint density at radius 3 is 2.48 bits per heavy atom. The van der Waals surface area contributed by atoms with Crippen LogP contribution < -0.4 is 10.1 Å². The zero-order valence-electron chi connectivity index (χ0n) is 15.1. The first-order valence-corrected chi connectivity index (χ1v) is 11.2. The first kappa shape index (κ1) is 21.9. The lowest BCUT2D eigenvalue weighted by Gasteiger charge is -2.33. The number of hydrogen-bond acceptors (Lipinski definition) is 6. The Bertz CT molecular complexity index is 963. The summed E-state index contributed by atoms with van der Waals surface area (Å²) in [7, 11) is -3.61. The van der Waals surface area contributed by atoms with E-state index < -0.39 is 22.5 Å². The molecule has 0 saturated carbocycles. The average molecular weight is 466 g/mol. The number of piperazine rings is 1. The molecular formula is C17H18ClF2N3O4S2. The van der Waals surface area contributed by atoms with Crippen LogP contribution in [0.5, 0.6) is 5.75 Å². The minimum absolute atomic E-state index is 0.00172. The van der Waals surface area contributed by atoms with Crippen LogP contribution >= 0.6 is 22.9 Å². The van der Waals surface area contributed by atoms with Crippen molar-refractivity contribution in [2.24, 2.45) is 0 Å². The van der Waals surface area contributed by atoms with Crippen LogP contribution in [-0.4, -0.2) is 62.9 Å². The first-order valence-electron chi connectivity index (χ1n) is 8.57. The fourth-order valence-electron chi connectivity index (χ4n) is 2.85. The molecule has 7 nitrogen and oxygen atoms in total. The fourth-order valence-corrected chi connectivity index (χ4v) is 5.91. The lowest BCUT2D eigenvalue weighted by Crippen LogP contribution is -2.50. The lowest BCUT2D eigenvalue weighted by molar-refractivity contribution is -0.117. The van der Waals surface area contributed by atoms with Gasteiger partial charge in [0.2, 0.25) is 5.91 Å². The predicted molar refractivity (Wildman–Crippen MR) is 106 cm³/mol. The molecule has 1 saturated heterocycles. The summed E-state index contributed by atoms with van der Waals surface area (Å²) in [5.41, 5.74) is 0.147. The largest absolute Gasteiger partial charge is 0.433 e. The SMILES string of the molecule is O=C(CN1CCN(S(=O)(=O)c2ccc(Cl)s2)CC1)Nc1ccccc1OC(F)F. The van der Waals surface area contributed by atoms with Gasteiger partial charge in [-0.1, -0.05) is 23.7 Å². The molecule has 1 fully saturated rings. The van der Waals surface area contributed by atoms with Gasteiger partial charge in [-0.2, -0.15) is 13.1 Å². The number of anilines is 1. The van der Waals surface area contributed by atoms with Crippen LogP contribution in [0.2, 0.25) is 4.34 Å². The van der Waals surface area contributed by atoms with Crippen molar-refractivity contribution in [1.29, 1.82) is 0 Å². The molecule has 1 aliphatic rings. The van der Waals surface area contributed by atoms with Crippen molar-refractivity contribution in [3.05, 3.63) is 40.7 Å². The van der Waals surface area contributed by atoms with Crippen LogP contribution in [0.1, 0.15) is 0 Å². The van der Waals surface area contributed by atoms with Crippen LogP contribution in [0.15, 0.2) is 40.6 Å². The van der Waals surface area contributed by atoms with E-state index in [0.29, 0.717) is 17.4 Å².